The van der Waals surface area contributed by atoms with Gasteiger partial charge in [-0.25, -0.2) is 12.7 Å². The predicted molar refractivity (Wildman–Crippen MR) is 117 cm³/mol. The van der Waals surface area contributed by atoms with E-state index in [4.69, 9.17) is 9.47 Å². The SMILES string of the molecule is CC(=O)OC1(I)CCc2cc(N(C(C)=O)S(C)(=O)=O)c(Oc3ccccc3)cc21. The number of amides is 1. The molecular weight excluding hydrogens is 509 g/mol. The third-order valence-electron chi connectivity index (χ3n) is 4.42. The molecule has 2 aromatic rings. The van der Waals surface area contributed by atoms with Crippen LogP contribution < -0.4 is 9.04 Å². The molecule has 0 heterocycles. The number of carbonyl (C=O) groups excluding carboxylic acids is 2. The third-order valence-corrected chi connectivity index (χ3v) is 6.87. The first-order chi connectivity index (χ1) is 13.5. The summed E-state index contributed by atoms with van der Waals surface area (Å²) in [4.78, 5) is 23.8. The number of rotatable bonds is 5. The molecule has 1 unspecified atom stereocenters. The number of nitrogens with zero attached hydrogens (tertiary/aromatic N) is 1. The summed E-state index contributed by atoms with van der Waals surface area (Å²) in [6, 6.07) is 12.1. The molecule has 29 heavy (non-hydrogen) atoms. The van der Waals surface area contributed by atoms with Gasteiger partial charge in [-0.15, -0.1) is 0 Å². The summed E-state index contributed by atoms with van der Waals surface area (Å²) in [5, 5.41) is 0. The number of para-hydroxylation sites is 1. The van der Waals surface area contributed by atoms with E-state index in [0.717, 1.165) is 21.7 Å². The van der Waals surface area contributed by atoms with E-state index in [0.29, 0.717) is 18.6 Å². The normalized spacial score (nSPS) is 18.1. The lowest BCUT2D eigenvalue weighted by Gasteiger charge is -2.26. The molecule has 0 aromatic heterocycles. The van der Waals surface area contributed by atoms with Gasteiger partial charge in [0.2, 0.25) is 15.9 Å². The number of esters is 1. The molecule has 9 heteroatoms. The van der Waals surface area contributed by atoms with E-state index >= 15 is 0 Å². The molecule has 7 nitrogen and oxygen atoms in total. The maximum atomic E-state index is 12.3. The molecule has 154 valence electrons. The predicted octanol–water partition coefficient (Wildman–Crippen LogP) is 3.89. The molecule has 0 saturated carbocycles. The Morgan fingerprint density at radius 3 is 2.34 bits per heavy atom. The smallest absolute Gasteiger partial charge is 0.304 e. The van der Waals surface area contributed by atoms with E-state index in [2.05, 4.69) is 22.6 Å². The molecule has 1 aliphatic rings. The number of alkyl halides is 1. The van der Waals surface area contributed by atoms with Crippen LogP contribution in [0.2, 0.25) is 0 Å². The fourth-order valence-electron chi connectivity index (χ4n) is 3.37. The zero-order chi connectivity index (χ0) is 21.4. The quantitative estimate of drug-likeness (QED) is 0.332. The molecule has 1 amide bonds. The largest absolute Gasteiger partial charge is 0.455 e. The van der Waals surface area contributed by atoms with Gasteiger partial charge in [-0.2, -0.15) is 0 Å². The first-order valence-electron chi connectivity index (χ1n) is 8.81. The fourth-order valence-corrected chi connectivity index (χ4v) is 5.42. The molecule has 0 spiro atoms. The molecule has 0 N–H and O–H groups in total. The Morgan fingerprint density at radius 2 is 1.79 bits per heavy atom. The number of halogens is 1. The number of hydrogen-bond donors (Lipinski definition) is 0. The Hall–Kier alpha value is -2.14. The molecule has 0 saturated heterocycles. The lowest BCUT2D eigenvalue weighted by molar-refractivity contribution is -0.148. The molecule has 3 rings (SSSR count). The lowest BCUT2D eigenvalue weighted by atomic mass is 10.1. The summed E-state index contributed by atoms with van der Waals surface area (Å²) < 4.78 is 36.0. The van der Waals surface area contributed by atoms with E-state index in [9.17, 15) is 18.0 Å². The van der Waals surface area contributed by atoms with Crippen LogP contribution in [0.5, 0.6) is 11.5 Å². The third kappa shape index (κ3) is 4.55. The Labute approximate surface area is 183 Å². The number of anilines is 1. The van der Waals surface area contributed by atoms with Crippen LogP contribution >= 0.6 is 22.6 Å². The number of benzene rings is 2. The van der Waals surface area contributed by atoms with Crippen molar-refractivity contribution in [1.29, 1.82) is 0 Å². The van der Waals surface area contributed by atoms with Gasteiger partial charge in [0.05, 0.1) is 6.26 Å². The van der Waals surface area contributed by atoms with Gasteiger partial charge in [-0.3, -0.25) is 9.59 Å². The van der Waals surface area contributed by atoms with Gasteiger partial charge < -0.3 is 9.47 Å². The second kappa shape index (κ2) is 7.94. The summed E-state index contributed by atoms with van der Waals surface area (Å²) in [7, 11) is -3.88. The summed E-state index contributed by atoms with van der Waals surface area (Å²) >= 11 is 2.08. The summed E-state index contributed by atoms with van der Waals surface area (Å²) in [6.45, 7) is 2.53. The highest BCUT2D eigenvalue weighted by Crippen LogP contribution is 2.50. The van der Waals surface area contributed by atoms with Crippen molar-refractivity contribution >= 4 is 50.2 Å². The molecule has 1 aliphatic carbocycles. The Bertz CT molecular complexity index is 1070. The Morgan fingerprint density at radius 1 is 1.14 bits per heavy atom. The standard InChI is InChI=1S/C20H20INO6S/c1-13(23)22(29(3,25)26)18-11-15-9-10-20(21,28-14(2)24)17(15)12-19(18)27-16-7-5-4-6-8-16/h4-8,11-12H,9-10H2,1-3H3. The van der Waals surface area contributed by atoms with Crippen LogP contribution in [0.15, 0.2) is 42.5 Å². The minimum absolute atomic E-state index is 0.131. The van der Waals surface area contributed by atoms with Crippen LogP contribution in [-0.4, -0.2) is 26.6 Å². The summed E-state index contributed by atoms with van der Waals surface area (Å²) in [5.74, 6) is -0.395. The van der Waals surface area contributed by atoms with Gasteiger partial charge in [-0.05, 0) is 58.8 Å². The number of aryl methyl sites for hydroxylation is 1. The van der Waals surface area contributed by atoms with Crippen LogP contribution in [0, 0.1) is 0 Å². The fraction of sp³-hybridized carbons (Fsp3) is 0.300. The minimum atomic E-state index is -3.88. The maximum absolute atomic E-state index is 12.3. The molecule has 2 aromatic carbocycles. The first kappa shape index (κ1) is 21.6. The van der Waals surface area contributed by atoms with Gasteiger partial charge in [0.25, 0.3) is 0 Å². The van der Waals surface area contributed by atoms with Crippen LogP contribution in [0.25, 0.3) is 0 Å². The zero-order valence-electron chi connectivity index (χ0n) is 16.1. The molecular formula is C20H20INO6S. The average molecular weight is 529 g/mol. The number of fused-ring (bicyclic) bond motifs is 1. The van der Waals surface area contributed by atoms with Crippen molar-refractivity contribution in [3.05, 3.63) is 53.6 Å². The second-order valence-corrected chi connectivity index (χ2v) is 10.3. The van der Waals surface area contributed by atoms with E-state index in [1.807, 2.05) is 6.07 Å². The van der Waals surface area contributed by atoms with Crippen molar-refractivity contribution in [3.8, 4) is 11.5 Å². The topological polar surface area (TPSA) is 90.0 Å². The van der Waals surface area contributed by atoms with E-state index in [1.165, 1.54) is 13.8 Å². The molecule has 0 bridgehead atoms. The highest BCUT2D eigenvalue weighted by Gasteiger charge is 2.41. The first-order valence-corrected chi connectivity index (χ1v) is 11.7. The molecule has 1 atom stereocenters. The molecule has 0 radical (unpaired) electrons. The van der Waals surface area contributed by atoms with Crippen molar-refractivity contribution in [3.63, 3.8) is 0 Å². The number of carbonyl (C=O) groups is 2. The Balaban J connectivity index is 2.20. The zero-order valence-corrected chi connectivity index (χ0v) is 19.1. The van der Waals surface area contributed by atoms with Gasteiger partial charge in [0, 0.05) is 25.8 Å². The van der Waals surface area contributed by atoms with E-state index in [-0.39, 0.29) is 11.4 Å². The van der Waals surface area contributed by atoms with Gasteiger partial charge in [0.1, 0.15) is 11.4 Å². The van der Waals surface area contributed by atoms with Crippen LogP contribution in [-0.2, 0) is 34.4 Å². The van der Waals surface area contributed by atoms with Gasteiger partial charge in [0.15, 0.2) is 9.36 Å². The van der Waals surface area contributed by atoms with Gasteiger partial charge >= 0.3 is 5.97 Å². The van der Waals surface area contributed by atoms with E-state index in [1.54, 1.807) is 36.4 Å². The van der Waals surface area contributed by atoms with Crippen molar-refractivity contribution in [2.45, 2.75) is 30.3 Å². The highest BCUT2D eigenvalue weighted by molar-refractivity contribution is 14.1. The van der Waals surface area contributed by atoms with Crippen molar-refractivity contribution < 1.29 is 27.5 Å². The molecule has 0 fully saturated rings. The van der Waals surface area contributed by atoms with Crippen LogP contribution in [0.3, 0.4) is 0 Å². The average Bonchev–Trinajstić information content (AvgIpc) is 2.90. The second-order valence-electron chi connectivity index (χ2n) is 6.76. The van der Waals surface area contributed by atoms with Crippen LogP contribution in [0.4, 0.5) is 5.69 Å². The number of sulfonamides is 1. The van der Waals surface area contributed by atoms with Crippen molar-refractivity contribution in [1.82, 2.24) is 0 Å². The number of hydrogen-bond acceptors (Lipinski definition) is 6. The lowest BCUT2D eigenvalue weighted by Crippen LogP contribution is -2.34. The van der Waals surface area contributed by atoms with Crippen molar-refractivity contribution in [2.75, 3.05) is 10.6 Å². The highest BCUT2D eigenvalue weighted by atomic mass is 127. The summed E-state index contributed by atoms with van der Waals surface area (Å²) in [5.41, 5.74) is 1.65. The number of ether oxygens (including phenoxy) is 2. The van der Waals surface area contributed by atoms with E-state index < -0.39 is 25.5 Å². The van der Waals surface area contributed by atoms with Crippen LogP contribution in [0.1, 0.15) is 31.4 Å². The van der Waals surface area contributed by atoms with Crippen molar-refractivity contribution in [2.24, 2.45) is 0 Å². The Kier molecular flexibility index (Phi) is 5.91. The maximum Gasteiger partial charge on any atom is 0.304 e. The van der Waals surface area contributed by atoms with Gasteiger partial charge in [-0.1, -0.05) is 18.2 Å². The minimum Gasteiger partial charge on any atom is -0.455 e. The summed E-state index contributed by atoms with van der Waals surface area (Å²) in [6.07, 6.45) is 2.07. The molecule has 0 aliphatic heterocycles. The monoisotopic (exact) mass is 529 g/mol.